The molecule has 0 atom stereocenters. The fraction of sp³-hybridized carbons (Fsp3) is 0.583. The van der Waals surface area contributed by atoms with Gasteiger partial charge in [-0.3, -0.25) is 9.59 Å². The first-order valence-electron chi connectivity index (χ1n) is 11.6. The van der Waals surface area contributed by atoms with Crippen LogP contribution in [0.15, 0.2) is 16.5 Å². The molecule has 2 amide bonds. The van der Waals surface area contributed by atoms with E-state index in [-0.39, 0.29) is 39.3 Å². The van der Waals surface area contributed by atoms with E-state index in [0.29, 0.717) is 51.1 Å². The van der Waals surface area contributed by atoms with Crippen LogP contribution in [0.3, 0.4) is 0 Å². The lowest BCUT2D eigenvalue weighted by molar-refractivity contribution is -0.147. The third-order valence-corrected chi connectivity index (χ3v) is 7.76. The van der Waals surface area contributed by atoms with Crippen molar-refractivity contribution in [3.8, 4) is 0 Å². The van der Waals surface area contributed by atoms with Gasteiger partial charge in [0.25, 0.3) is 5.91 Å². The fourth-order valence-corrected chi connectivity index (χ4v) is 5.35. The van der Waals surface area contributed by atoms with Crippen LogP contribution in [0, 0.1) is 11.3 Å². The molecular formula is C24H27ClF3N3O3. The van der Waals surface area contributed by atoms with Gasteiger partial charge in [0.15, 0.2) is 0 Å². The summed E-state index contributed by atoms with van der Waals surface area (Å²) in [6.45, 7) is 4.47. The van der Waals surface area contributed by atoms with Gasteiger partial charge in [-0.05, 0) is 49.3 Å². The minimum Gasteiger partial charge on any atom is -0.449 e. The third-order valence-electron chi connectivity index (χ3n) is 7.38. The van der Waals surface area contributed by atoms with E-state index in [1.807, 2.05) is 6.92 Å². The lowest BCUT2D eigenvalue weighted by Crippen LogP contribution is -2.61. The van der Waals surface area contributed by atoms with E-state index < -0.39 is 23.2 Å². The zero-order chi connectivity index (χ0) is 24.4. The number of carbonyl (C=O) groups excluding carboxylic acids is 2. The summed E-state index contributed by atoms with van der Waals surface area (Å²) in [6.07, 6.45) is -1.99. The maximum Gasteiger partial charge on any atom is 0.420 e. The van der Waals surface area contributed by atoms with Gasteiger partial charge in [0.2, 0.25) is 11.7 Å². The molecule has 1 saturated carbocycles. The Kier molecular flexibility index (Phi) is 5.63. The largest absolute Gasteiger partial charge is 0.449 e. The minimum absolute atomic E-state index is 0.0288. The second kappa shape index (κ2) is 8.16. The number of hydrogen-bond donors (Lipinski definition) is 1. The standard InChI is InChI=1S/C24H27ClF3N3O3/c1-23(10-29)11-31(12-23)21(32)14-4-6-30(7-5-14)22(33)20-18(25)16-8-15(13-2-3-13)9-17(19(16)34-20)24(26,27)28/h8-9,13-14H,2-7,10-12,29H2,1H3. The second-order valence-electron chi connectivity index (χ2n) is 10.2. The van der Waals surface area contributed by atoms with Crippen molar-refractivity contribution in [3.63, 3.8) is 0 Å². The Labute approximate surface area is 200 Å². The van der Waals surface area contributed by atoms with Gasteiger partial charge >= 0.3 is 6.18 Å². The van der Waals surface area contributed by atoms with Gasteiger partial charge in [0.05, 0.1) is 10.6 Å². The number of alkyl halides is 3. The lowest BCUT2D eigenvalue weighted by Gasteiger charge is -2.49. The molecule has 2 aromatic rings. The molecule has 2 aliphatic heterocycles. The number of nitrogens with two attached hydrogens (primary N) is 1. The summed E-state index contributed by atoms with van der Waals surface area (Å²) in [5.41, 5.74) is 4.98. The van der Waals surface area contributed by atoms with Crippen LogP contribution < -0.4 is 5.73 Å². The van der Waals surface area contributed by atoms with E-state index in [4.69, 9.17) is 21.8 Å². The Morgan fingerprint density at radius 1 is 1.15 bits per heavy atom. The van der Waals surface area contributed by atoms with Crippen LogP contribution in [-0.2, 0) is 11.0 Å². The van der Waals surface area contributed by atoms with E-state index >= 15 is 0 Å². The fourth-order valence-electron chi connectivity index (χ4n) is 5.09. The van der Waals surface area contributed by atoms with Gasteiger partial charge < -0.3 is 20.0 Å². The number of furan rings is 1. The van der Waals surface area contributed by atoms with Crippen molar-refractivity contribution in [3.05, 3.63) is 34.0 Å². The lowest BCUT2D eigenvalue weighted by atomic mass is 9.80. The monoisotopic (exact) mass is 497 g/mol. The molecule has 1 aromatic carbocycles. The topological polar surface area (TPSA) is 79.8 Å². The summed E-state index contributed by atoms with van der Waals surface area (Å²) in [7, 11) is 0. The van der Waals surface area contributed by atoms with Gasteiger partial charge in [0, 0.05) is 49.4 Å². The predicted molar refractivity (Wildman–Crippen MR) is 121 cm³/mol. The SMILES string of the molecule is CC1(CN)CN(C(=O)C2CCN(C(=O)c3oc4c(C(F)(F)F)cc(C5CC5)cc4c3Cl)CC2)C1. The zero-order valence-electron chi connectivity index (χ0n) is 18.9. The summed E-state index contributed by atoms with van der Waals surface area (Å²) in [5.74, 6) is -0.854. The molecule has 2 saturated heterocycles. The number of hydrogen-bond acceptors (Lipinski definition) is 4. The van der Waals surface area contributed by atoms with Gasteiger partial charge in [-0.25, -0.2) is 0 Å². The predicted octanol–water partition coefficient (Wildman–Crippen LogP) is 4.64. The molecule has 3 aliphatic rings. The number of rotatable bonds is 4. The molecule has 2 N–H and O–H groups in total. The van der Waals surface area contributed by atoms with Gasteiger partial charge in [-0.1, -0.05) is 18.5 Å². The number of likely N-dealkylation sites (tertiary alicyclic amines) is 2. The molecule has 184 valence electrons. The van der Waals surface area contributed by atoms with Crippen LogP contribution in [0.4, 0.5) is 13.2 Å². The normalized spacial score (nSPS) is 21.1. The number of benzene rings is 1. The highest BCUT2D eigenvalue weighted by Gasteiger charge is 2.43. The number of piperidine rings is 1. The Morgan fingerprint density at radius 3 is 2.35 bits per heavy atom. The summed E-state index contributed by atoms with van der Waals surface area (Å²) in [4.78, 5) is 29.2. The van der Waals surface area contributed by atoms with Gasteiger partial charge in [-0.15, -0.1) is 0 Å². The molecule has 1 aromatic heterocycles. The molecule has 3 heterocycles. The van der Waals surface area contributed by atoms with E-state index in [1.165, 1.54) is 4.90 Å². The van der Waals surface area contributed by atoms with E-state index in [0.717, 1.165) is 18.9 Å². The van der Waals surface area contributed by atoms with Crippen molar-refractivity contribution in [1.29, 1.82) is 0 Å². The summed E-state index contributed by atoms with van der Waals surface area (Å²) in [6, 6.07) is 2.72. The number of fused-ring (bicyclic) bond motifs is 1. The molecule has 0 radical (unpaired) electrons. The van der Waals surface area contributed by atoms with Crippen molar-refractivity contribution in [1.82, 2.24) is 9.80 Å². The van der Waals surface area contributed by atoms with Crippen LogP contribution >= 0.6 is 11.6 Å². The molecule has 3 fully saturated rings. The van der Waals surface area contributed by atoms with Crippen LogP contribution in [0.2, 0.25) is 5.02 Å². The van der Waals surface area contributed by atoms with Crippen LogP contribution in [0.1, 0.15) is 60.2 Å². The highest BCUT2D eigenvalue weighted by Crippen LogP contribution is 2.47. The number of halogens is 4. The third kappa shape index (κ3) is 4.06. The zero-order valence-corrected chi connectivity index (χ0v) is 19.6. The Morgan fingerprint density at radius 2 is 1.79 bits per heavy atom. The highest BCUT2D eigenvalue weighted by molar-refractivity contribution is 6.38. The molecule has 5 rings (SSSR count). The number of carbonyl (C=O) groups is 2. The van der Waals surface area contributed by atoms with Crippen molar-refractivity contribution in [2.75, 3.05) is 32.7 Å². The molecule has 34 heavy (non-hydrogen) atoms. The summed E-state index contributed by atoms with van der Waals surface area (Å²) in [5, 5.41) is 0.0281. The smallest absolute Gasteiger partial charge is 0.420 e. The summed E-state index contributed by atoms with van der Waals surface area (Å²) < 4.78 is 46.6. The van der Waals surface area contributed by atoms with E-state index in [2.05, 4.69) is 0 Å². The van der Waals surface area contributed by atoms with Crippen molar-refractivity contribution in [2.45, 2.75) is 44.7 Å². The maximum atomic E-state index is 13.7. The van der Waals surface area contributed by atoms with Crippen molar-refractivity contribution >= 4 is 34.4 Å². The summed E-state index contributed by atoms with van der Waals surface area (Å²) >= 11 is 6.40. The second-order valence-corrected chi connectivity index (χ2v) is 10.6. The Balaban J connectivity index is 1.32. The molecule has 0 spiro atoms. The van der Waals surface area contributed by atoms with Crippen LogP contribution in [0.25, 0.3) is 11.0 Å². The molecule has 0 unspecified atom stereocenters. The average Bonchev–Trinajstić information content (AvgIpc) is 3.59. The molecule has 6 nitrogen and oxygen atoms in total. The molecule has 1 aliphatic carbocycles. The van der Waals surface area contributed by atoms with E-state index in [9.17, 15) is 22.8 Å². The average molecular weight is 498 g/mol. The first-order chi connectivity index (χ1) is 16.0. The Bertz CT molecular complexity index is 1140. The first kappa shape index (κ1) is 23.5. The van der Waals surface area contributed by atoms with E-state index in [1.54, 1.807) is 11.0 Å². The highest BCUT2D eigenvalue weighted by atomic mass is 35.5. The van der Waals surface area contributed by atoms with Crippen molar-refractivity contribution in [2.24, 2.45) is 17.1 Å². The molecular weight excluding hydrogens is 471 g/mol. The van der Waals surface area contributed by atoms with Gasteiger partial charge in [0.1, 0.15) is 5.58 Å². The Hall–Kier alpha value is -2.26. The quantitative estimate of drug-likeness (QED) is 0.667. The number of amides is 2. The van der Waals surface area contributed by atoms with Crippen LogP contribution in [-0.4, -0.2) is 54.3 Å². The van der Waals surface area contributed by atoms with Crippen LogP contribution in [0.5, 0.6) is 0 Å². The minimum atomic E-state index is -4.62. The maximum absolute atomic E-state index is 13.7. The number of nitrogens with zero attached hydrogens (tertiary/aromatic N) is 2. The van der Waals surface area contributed by atoms with Gasteiger partial charge in [-0.2, -0.15) is 13.2 Å². The van der Waals surface area contributed by atoms with Crippen molar-refractivity contribution < 1.29 is 27.2 Å². The molecule has 0 bridgehead atoms. The first-order valence-corrected chi connectivity index (χ1v) is 12.0. The molecule has 10 heteroatoms.